The van der Waals surface area contributed by atoms with Gasteiger partial charge in [0.2, 0.25) is 11.2 Å². The number of amides is 2. The molecule has 3 heterocycles. The molecule has 1 aromatic carbocycles. The van der Waals surface area contributed by atoms with Crippen LogP contribution in [0.25, 0.3) is 0 Å². The molecule has 1 unspecified atom stereocenters. The minimum absolute atomic E-state index is 0.0202. The average molecular weight is 432 g/mol. The van der Waals surface area contributed by atoms with E-state index in [9.17, 15) is 23.2 Å². The Labute approximate surface area is 176 Å². The molecule has 8 nitrogen and oxygen atoms in total. The number of carbonyl (C=O) groups excluding carboxylic acids is 2. The summed E-state index contributed by atoms with van der Waals surface area (Å²) in [6, 6.07) is 2.95. The molecule has 0 aliphatic carbocycles. The van der Waals surface area contributed by atoms with Crippen molar-refractivity contribution in [1.82, 2.24) is 14.8 Å². The van der Waals surface area contributed by atoms with Crippen molar-refractivity contribution in [2.75, 3.05) is 6.54 Å². The number of nitrogens with two attached hydrogens (primary N) is 1. The van der Waals surface area contributed by atoms with Crippen molar-refractivity contribution in [3.05, 3.63) is 63.1 Å². The van der Waals surface area contributed by atoms with E-state index in [4.69, 9.17) is 10.7 Å². The minimum Gasteiger partial charge on any atom is -0.405 e. The summed E-state index contributed by atoms with van der Waals surface area (Å²) >= 11 is 0. The lowest BCUT2D eigenvalue weighted by atomic mass is 10.0. The lowest BCUT2D eigenvalue weighted by Gasteiger charge is -2.37. The van der Waals surface area contributed by atoms with Crippen LogP contribution in [0.1, 0.15) is 52.1 Å². The van der Waals surface area contributed by atoms with Crippen molar-refractivity contribution in [1.29, 1.82) is 0 Å². The molecule has 31 heavy (non-hydrogen) atoms. The van der Waals surface area contributed by atoms with Gasteiger partial charge in [0.05, 0.1) is 0 Å². The largest absolute Gasteiger partial charge is 0.405 e. The van der Waals surface area contributed by atoms with E-state index in [0.29, 0.717) is 19.2 Å². The maximum Gasteiger partial charge on any atom is 0.274 e. The molecule has 0 bridgehead atoms. The molecule has 4 rings (SSSR count). The summed E-state index contributed by atoms with van der Waals surface area (Å²) in [6.07, 6.45) is 5.02. The molecule has 1 saturated heterocycles. The normalized spacial score (nSPS) is 18.1. The van der Waals surface area contributed by atoms with Gasteiger partial charge in [-0.15, -0.1) is 0 Å². The number of nitrogens with one attached hydrogen (secondary N) is 1. The average Bonchev–Trinajstić information content (AvgIpc) is 2.99. The SMILES string of the molecule is NOc1c2n(cc(C(=O)NCc3ccc(F)cc3F)c1=O)CC1CCCCCN1C2=O. The van der Waals surface area contributed by atoms with Crippen LogP contribution >= 0.6 is 0 Å². The van der Waals surface area contributed by atoms with E-state index >= 15 is 0 Å². The molecule has 1 atom stereocenters. The Kier molecular flexibility index (Phi) is 5.73. The lowest BCUT2D eigenvalue weighted by molar-refractivity contribution is 0.0587. The number of nitrogens with zero attached hydrogens (tertiary/aromatic N) is 2. The Morgan fingerprint density at radius 3 is 2.77 bits per heavy atom. The Bertz CT molecular complexity index is 1100. The molecule has 2 aliphatic heterocycles. The van der Waals surface area contributed by atoms with Crippen molar-refractivity contribution in [3.8, 4) is 5.75 Å². The monoisotopic (exact) mass is 432 g/mol. The molecule has 2 aromatic rings. The number of carbonyl (C=O) groups is 2. The van der Waals surface area contributed by atoms with Crippen LogP contribution in [-0.2, 0) is 13.1 Å². The van der Waals surface area contributed by atoms with Gasteiger partial charge in [0, 0.05) is 43.5 Å². The molecular weight excluding hydrogens is 410 g/mol. The van der Waals surface area contributed by atoms with Gasteiger partial charge in [0.15, 0.2) is 5.69 Å². The molecule has 0 radical (unpaired) electrons. The van der Waals surface area contributed by atoms with E-state index in [1.54, 1.807) is 4.90 Å². The summed E-state index contributed by atoms with van der Waals surface area (Å²) in [4.78, 5) is 45.0. The smallest absolute Gasteiger partial charge is 0.274 e. The predicted octanol–water partition coefficient (Wildman–Crippen LogP) is 1.71. The summed E-state index contributed by atoms with van der Waals surface area (Å²) in [6.45, 7) is 0.748. The van der Waals surface area contributed by atoms with Crippen molar-refractivity contribution in [3.63, 3.8) is 0 Å². The van der Waals surface area contributed by atoms with Crippen molar-refractivity contribution in [2.24, 2.45) is 5.90 Å². The number of aromatic nitrogens is 1. The van der Waals surface area contributed by atoms with E-state index in [2.05, 4.69) is 5.32 Å². The maximum absolute atomic E-state index is 13.8. The zero-order chi connectivity index (χ0) is 22.1. The molecule has 0 saturated carbocycles. The molecule has 3 N–H and O–H groups in total. The molecule has 2 aliphatic rings. The van der Waals surface area contributed by atoms with Gasteiger partial charge in [-0.05, 0) is 18.9 Å². The number of rotatable bonds is 4. The first-order valence-corrected chi connectivity index (χ1v) is 10.1. The fourth-order valence-electron chi connectivity index (χ4n) is 4.21. The van der Waals surface area contributed by atoms with E-state index in [0.717, 1.165) is 31.7 Å². The first-order chi connectivity index (χ1) is 14.9. The van der Waals surface area contributed by atoms with Crippen LogP contribution in [0, 0.1) is 11.6 Å². The van der Waals surface area contributed by atoms with Gasteiger partial charge in [-0.2, -0.15) is 5.90 Å². The summed E-state index contributed by atoms with van der Waals surface area (Å²) in [5.74, 6) is 2.23. The van der Waals surface area contributed by atoms with E-state index in [-0.39, 0.29) is 35.3 Å². The van der Waals surface area contributed by atoms with Crippen molar-refractivity contribution >= 4 is 11.8 Å². The van der Waals surface area contributed by atoms with Gasteiger partial charge in [0.1, 0.15) is 17.2 Å². The van der Waals surface area contributed by atoms with Crippen LogP contribution in [0.15, 0.2) is 29.2 Å². The van der Waals surface area contributed by atoms with Gasteiger partial charge < -0.3 is 19.6 Å². The van der Waals surface area contributed by atoms with E-state index in [1.165, 1.54) is 16.8 Å². The third kappa shape index (κ3) is 3.90. The third-order valence-electron chi connectivity index (χ3n) is 5.80. The first kappa shape index (κ1) is 21.0. The highest BCUT2D eigenvalue weighted by Gasteiger charge is 2.37. The third-order valence-corrected chi connectivity index (χ3v) is 5.80. The van der Waals surface area contributed by atoms with E-state index < -0.39 is 28.7 Å². The highest BCUT2D eigenvalue weighted by molar-refractivity contribution is 5.99. The Balaban J connectivity index is 1.65. The summed E-state index contributed by atoms with van der Waals surface area (Å²) < 4.78 is 28.4. The molecule has 2 amide bonds. The second-order valence-corrected chi connectivity index (χ2v) is 7.74. The molecule has 0 spiro atoms. The van der Waals surface area contributed by atoms with Crippen LogP contribution in [0.2, 0.25) is 0 Å². The zero-order valence-corrected chi connectivity index (χ0v) is 16.7. The highest BCUT2D eigenvalue weighted by atomic mass is 19.1. The number of hydrogen-bond acceptors (Lipinski definition) is 5. The van der Waals surface area contributed by atoms with Crippen molar-refractivity contribution < 1.29 is 23.2 Å². The molecule has 164 valence electrons. The molecular formula is C21H22F2N4O4. The summed E-state index contributed by atoms with van der Waals surface area (Å²) in [7, 11) is 0. The fourth-order valence-corrected chi connectivity index (χ4v) is 4.21. The summed E-state index contributed by atoms with van der Waals surface area (Å²) in [5, 5.41) is 2.45. The molecule has 1 aromatic heterocycles. The van der Waals surface area contributed by atoms with Crippen molar-refractivity contribution in [2.45, 2.75) is 44.8 Å². The quantitative estimate of drug-likeness (QED) is 0.716. The predicted molar refractivity (Wildman–Crippen MR) is 106 cm³/mol. The van der Waals surface area contributed by atoms with Gasteiger partial charge in [0.25, 0.3) is 11.8 Å². The number of hydrogen-bond donors (Lipinski definition) is 2. The number of pyridine rings is 1. The Morgan fingerprint density at radius 1 is 1.23 bits per heavy atom. The van der Waals surface area contributed by atoms with E-state index in [1.807, 2.05) is 0 Å². The van der Waals surface area contributed by atoms with Gasteiger partial charge in [-0.25, -0.2) is 8.78 Å². The van der Waals surface area contributed by atoms with Gasteiger partial charge >= 0.3 is 0 Å². The standard InChI is InChI=1S/C21H22F2N4O4/c22-13-6-5-12(16(23)8-13)9-25-20(29)15-11-26-10-14-4-2-1-3-7-27(14)21(30)17(26)19(31-24)18(15)28/h5-6,8,11,14H,1-4,7,9-10,24H2,(H,25,29). The van der Waals surface area contributed by atoms with Gasteiger partial charge in [-0.1, -0.05) is 18.9 Å². The first-order valence-electron chi connectivity index (χ1n) is 10.1. The van der Waals surface area contributed by atoms with Crippen LogP contribution < -0.4 is 21.5 Å². The second-order valence-electron chi connectivity index (χ2n) is 7.74. The number of benzene rings is 1. The highest BCUT2D eigenvalue weighted by Crippen LogP contribution is 2.28. The van der Waals surface area contributed by atoms with Crippen LogP contribution in [0.5, 0.6) is 5.75 Å². The van der Waals surface area contributed by atoms with Crippen LogP contribution in [0.4, 0.5) is 8.78 Å². The van der Waals surface area contributed by atoms with Gasteiger partial charge in [-0.3, -0.25) is 14.4 Å². The fraction of sp³-hybridized carbons (Fsp3) is 0.381. The topological polar surface area (TPSA) is 107 Å². The number of halogens is 2. The Hall–Kier alpha value is -3.27. The molecule has 10 heteroatoms. The molecule has 1 fully saturated rings. The minimum atomic E-state index is -0.826. The van der Waals surface area contributed by atoms with Crippen LogP contribution in [0.3, 0.4) is 0 Å². The zero-order valence-electron chi connectivity index (χ0n) is 16.7. The van der Waals surface area contributed by atoms with Crippen LogP contribution in [-0.4, -0.2) is 33.9 Å². The number of fused-ring (bicyclic) bond motifs is 2. The second kappa shape index (κ2) is 8.46. The summed E-state index contributed by atoms with van der Waals surface area (Å²) in [5.41, 5.74) is -1.02. The lowest BCUT2D eigenvalue weighted by Crippen LogP contribution is -2.49. The maximum atomic E-state index is 13.8. The Morgan fingerprint density at radius 2 is 2.03 bits per heavy atom.